The average Bonchev–Trinajstić information content (AvgIpc) is 1.69. The Bertz CT molecular complexity index is 138. The van der Waals surface area contributed by atoms with Gasteiger partial charge in [0, 0.05) is 19.5 Å². The van der Waals surface area contributed by atoms with Crippen LogP contribution in [0.3, 0.4) is 0 Å². The summed E-state index contributed by atoms with van der Waals surface area (Å²) < 4.78 is 0. The SMILES string of the molecule is [S-]c1ccccc1.[Zn]. The molecule has 0 aliphatic carbocycles. The van der Waals surface area contributed by atoms with Crippen LogP contribution in [0.15, 0.2) is 35.2 Å². The predicted octanol–water partition coefficient (Wildman–Crippen LogP) is 1.59. The molecule has 0 radical (unpaired) electrons. The van der Waals surface area contributed by atoms with E-state index in [0.29, 0.717) is 0 Å². The van der Waals surface area contributed by atoms with Crippen molar-refractivity contribution in [3.8, 4) is 0 Å². The smallest absolute Gasteiger partial charge is 0 e. The summed E-state index contributed by atoms with van der Waals surface area (Å²) in [5, 5.41) is 0. The van der Waals surface area contributed by atoms with E-state index in [-0.39, 0.29) is 19.5 Å². The molecule has 0 saturated carbocycles. The van der Waals surface area contributed by atoms with Gasteiger partial charge in [-0.3, -0.25) is 0 Å². The second kappa shape index (κ2) is 3.99. The van der Waals surface area contributed by atoms with E-state index in [2.05, 4.69) is 0 Å². The second-order valence-electron chi connectivity index (χ2n) is 1.31. The van der Waals surface area contributed by atoms with E-state index in [1.807, 2.05) is 30.3 Å². The van der Waals surface area contributed by atoms with Gasteiger partial charge in [-0.25, -0.2) is 0 Å². The van der Waals surface area contributed by atoms with Crippen molar-refractivity contribution in [2.24, 2.45) is 0 Å². The van der Waals surface area contributed by atoms with Crippen LogP contribution in [0, 0.1) is 0 Å². The molecular formula is C6H5SZn-. The molecule has 2 heteroatoms. The Balaban J connectivity index is 0.000000490. The molecule has 0 atom stereocenters. The van der Waals surface area contributed by atoms with Gasteiger partial charge in [0.2, 0.25) is 0 Å². The standard InChI is InChI=1S/C6H6S.Zn/c7-6-4-2-1-3-5-6;/h1-5,7H;/p-1. The van der Waals surface area contributed by atoms with Crippen molar-refractivity contribution in [2.45, 2.75) is 4.90 Å². The molecule has 0 aromatic heterocycles. The van der Waals surface area contributed by atoms with Gasteiger partial charge in [0.05, 0.1) is 0 Å². The average molecular weight is 175 g/mol. The van der Waals surface area contributed by atoms with Crippen molar-refractivity contribution in [3.63, 3.8) is 0 Å². The number of hydrogen-bond donors (Lipinski definition) is 0. The minimum Gasteiger partial charge on any atom is -0.780 e. The maximum atomic E-state index is 4.81. The van der Waals surface area contributed by atoms with Gasteiger partial charge in [-0.2, -0.15) is 4.90 Å². The molecule has 0 unspecified atom stereocenters. The molecular weight excluding hydrogens is 170 g/mol. The first-order valence-electron chi connectivity index (χ1n) is 2.11. The zero-order valence-electron chi connectivity index (χ0n) is 4.50. The minimum absolute atomic E-state index is 0. The van der Waals surface area contributed by atoms with E-state index in [4.69, 9.17) is 12.6 Å². The topological polar surface area (TPSA) is 0 Å². The fraction of sp³-hybridized carbons (Fsp3) is 0. The van der Waals surface area contributed by atoms with Crippen LogP contribution in [-0.2, 0) is 32.1 Å². The van der Waals surface area contributed by atoms with E-state index in [1.54, 1.807) is 0 Å². The monoisotopic (exact) mass is 173 g/mol. The molecule has 0 amide bonds. The number of hydrogen-bond acceptors (Lipinski definition) is 1. The first-order chi connectivity index (χ1) is 3.39. The maximum absolute atomic E-state index is 4.81. The van der Waals surface area contributed by atoms with Gasteiger partial charge in [0.15, 0.2) is 0 Å². The van der Waals surface area contributed by atoms with Crippen molar-refractivity contribution in [1.82, 2.24) is 0 Å². The van der Waals surface area contributed by atoms with Crippen LogP contribution in [0.1, 0.15) is 0 Å². The van der Waals surface area contributed by atoms with Crippen LogP contribution < -0.4 is 0 Å². The molecule has 0 heterocycles. The van der Waals surface area contributed by atoms with Crippen molar-refractivity contribution >= 4 is 12.6 Å². The van der Waals surface area contributed by atoms with Crippen molar-refractivity contribution in [1.29, 1.82) is 0 Å². The van der Waals surface area contributed by atoms with E-state index >= 15 is 0 Å². The Morgan fingerprint density at radius 2 is 1.50 bits per heavy atom. The van der Waals surface area contributed by atoms with Gasteiger partial charge < -0.3 is 12.6 Å². The van der Waals surface area contributed by atoms with Crippen molar-refractivity contribution in [3.05, 3.63) is 30.3 Å². The summed E-state index contributed by atoms with van der Waals surface area (Å²) in [5.41, 5.74) is 0. The van der Waals surface area contributed by atoms with Gasteiger partial charge in [-0.05, 0) is 0 Å². The van der Waals surface area contributed by atoms with Gasteiger partial charge >= 0.3 is 0 Å². The molecule has 0 saturated heterocycles. The molecule has 0 fully saturated rings. The van der Waals surface area contributed by atoms with Gasteiger partial charge in [0.1, 0.15) is 0 Å². The third-order valence-corrected chi connectivity index (χ3v) is 1.02. The summed E-state index contributed by atoms with van der Waals surface area (Å²) in [6.07, 6.45) is 0. The second-order valence-corrected chi connectivity index (χ2v) is 1.78. The van der Waals surface area contributed by atoms with Crippen LogP contribution in [0.5, 0.6) is 0 Å². The molecule has 1 rings (SSSR count). The molecule has 0 bridgehead atoms. The van der Waals surface area contributed by atoms with E-state index in [0.717, 1.165) is 4.90 Å². The van der Waals surface area contributed by atoms with E-state index in [9.17, 15) is 0 Å². The van der Waals surface area contributed by atoms with Crippen LogP contribution >= 0.6 is 0 Å². The molecule has 0 N–H and O–H groups in total. The minimum atomic E-state index is 0. The molecule has 0 nitrogen and oxygen atoms in total. The molecule has 0 aliphatic heterocycles. The van der Waals surface area contributed by atoms with E-state index in [1.165, 1.54) is 0 Å². The fourth-order valence-corrected chi connectivity index (χ4v) is 0.578. The summed E-state index contributed by atoms with van der Waals surface area (Å²) >= 11 is 4.81. The Hall–Kier alpha value is 0.0634. The normalized spacial score (nSPS) is 7.50. The third kappa shape index (κ3) is 2.39. The van der Waals surface area contributed by atoms with Gasteiger partial charge in [-0.1, -0.05) is 30.3 Å². The van der Waals surface area contributed by atoms with Crippen LogP contribution in [0.4, 0.5) is 0 Å². The Morgan fingerprint density at radius 1 is 1.00 bits per heavy atom. The summed E-state index contributed by atoms with van der Waals surface area (Å²) in [6.45, 7) is 0. The predicted molar refractivity (Wildman–Crippen MR) is 32.1 cm³/mol. The van der Waals surface area contributed by atoms with Gasteiger partial charge in [0.25, 0.3) is 0 Å². The van der Waals surface area contributed by atoms with Crippen molar-refractivity contribution < 1.29 is 19.5 Å². The van der Waals surface area contributed by atoms with Crippen LogP contribution in [-0.4, -0.2) is 0 Å². The Morgan fingerprint density at radius 3 is 1.75 bits per heavy atom. The molecule has 1 aromatic carbocycles. The zero-order valence-corrected chi connectivity index (χ0v) is 8.29. The molecule has 8 heavy (non-hydrogen) atoms. The molecule has 38 valence electrons. The molecule has 1 aromatic rings. The summed E-state index contributed by atoms with van der Waals surface area (Å²) in [5.74, 6) is 0. The largest absolute Gasteiger partial charge is 0.780 e. The van der Waals surface area contributed by atoms with Crippen LogP contribution in [0.2, 0.25) is 0 Å². The first-order valence-corrected chi connectivity index (χ1v) is 2.52. The Labute approximate surface area is 67.5 Å². The summed E-state index contributed by atoms with van der Waals surface area (Å²) in [7, 11) is 0. The zero-order chi connectivity index (χ0) is 5.11. The third-order valence-electron chi connectivity index (χ3n) is 0.743. The first kappa shape index (κ1) is 8.06. The van der Waals surface area contributed by atoms with E-state index < -0.39 is 0 Å². The maximum Gasteiger partial charge on any atom is 0 e. The number of rotatable bonds is 0. The fourth-order valence-electron chi connectivity index (χ4n) is 0.420. The molecule has 0 spiro atoms. The number of benzene rings is 1. The summed E-state index contributed by atoms with van der Waals surface area (Å²) in [4.78, 5) is 0.905. The van der Waals surface area contributed by atoms with Crippen molar-refractivity contribution in [2.75, 3.05) is 0 Å². The Kier molecular flexibility index (Phi) is 4.03. The quantitative estimate of drug-likeness (QED) is 0.425. The van der Waals surface area contributed by atoms with Crippen LogP contribution in [0.25, 0.3) is 0 Å². The molecule has 0 aliphatic rings. The summed E-state index contributed by atoms with van der Waals surface area (Å²) in [6, 6.07) is 9.62. The van der Waals surface area contributed by atoms with Gasteiger partial charge in [-0.15, -0.1) is 0 Å².